The van der Waals surface area contributed by atoms with Crippen molar-refractivity contribution in [1.82, 2.24) is 10.2 Å². The van der Waals surface area contributed by atoms with E-state index in [1.165, 1.54) is 32.4 Å². The molecule has 1 fully saturated rings. The molecule has 0 amide bonds. The van der Waals surface area contributed by atoms with Crippen LogP contribution in [0, 0.1) is 17.2 Å². The molecular weight excluding hydrogens is 234 g/mol. The minimum Gasteiger partial charge on any atom is -0.301 e. The average Bonchev–Trinajstić information content (AvgIpc) is 2.37. The lowest BCUT2D eigenvalue weighted by molar-refractivity contribution is 0.120. The number of likely N-dealkylation sites (tertiary alicyclic amines) is 1. The Kier molecular flexibility index (Phi) is 6.29. The molecule has 0 aromatic carbocycles. The average molecular weight is 265 g/mol. The molecule has 0 spiro atoms. The summed E-state index contributed by atoms with van der Waals surface area (Å²) in [5.74, 6) is 0.916. The Bertz CT molecular complexity index is 300. The summed E-state index contributed by atoms with van der Waals surface area (Å²) in [6, 6.07) is 3.29. The summed E-state index contributed by atoms with van der Waals surface area (Å²) in [7, 11) is 0. The molecule has 0 saturated carbocycles. The summed E-state index contributed by atoms with van der Waals surface area (Å²) in [5.41, 5.74) is -0.408. The summed E-state index contributed by atoms with van der Waals surface area (Å²) >= 11 is 0. The first-order valence-electron chi connectivity index (χ1n) is 7.83. The van der Waals surface area contributed by atoms with E-state index in [1.807, 2.05) is 6.92 Å². The fourth-order valence-electron chi connectivity index (χ4n) is 3.30. The highest BCUT2D eigenvalue weighted by atomic mass is 15.2. The number of hydrogen-bond acceptors (Lipinski definition) is 3. The third kappa shape index (κ3) is 5.12. The second-order valence-electron chi connectivity index (χ2n) is 6.68. The normalized spacial score (nSPS) is 23.0. The third-order valence-electron chi connectivity index (χ3n) is 4.41. The molecule has 1 saturated heterocycles. The quantitative estimate of drug-likeness (QED) is 0.802. The van der Waals surface area contributed by atoms with Crippen LogP contribution in [0.2, 0.25) is 0 Å². The van der Waals surface area contributed by atoms with E-state index in [1.54, 1.807) is 0 Å². The van der Waals surface area contributed by atoms with Gasteiger partial charge in [0.2, 0.25) is 0 Å². The Balaban J connectivity index is 2.50. The van der Waals surface area contributed by atoms with E-state index in [0.717, 1.165) is 12.3 Å². The number of nitrogens with one attached hydrogen (secondary N) is 1. The zero-order valence-corrected chi connectivity index (χ0v) is 13.4. The number of hydrogen-bond donors (Lipinski definition) is 1. The highest BCUT2D eigenvalue weighted by molar-refractivity contribution is 5.06. The van der Waals surface area contributed by atoms with Gasteiger partial charge in [-0.1, -0.05) is 13.3 Å². The Morgan fingerprint density at radius 1 is 1.32 bits per heavy atom. The standard InChI is InChI=1S/C16H31N3/c1-6-15-7-9-19(10-8-15)14(4)11-16(5,12-17)18-13(2)3/h13-15,18H,6-11H2,1-5H3. The van der Waals surface area contributed by atoms with Gasteiger partial charge in [0.1, 0.15) is 5.54 Å². The van der Waals surface area contributed by atoms with Gasteiger partial charge in [-0.3, -0.25) is 5.32 Å². The van der Waals surface area contributed by atoms with Crippen LogP contribution in [-0.2, 0) is 0 Å². The van der Waals surface area contributed by atoms with E-state index in [4.69, 9.17) is 0 Å². The van der Waals surface area contributed by atoms with Crippen molar-refractivity contribution in [2.75, 3.05) is 13.1 Å². The van der Waals surface area contributed by atoms with E-state index in [2.05, 4.69) is 44.0 Å². The zero-order valence-electron chi connectivity index (χ0n) is 13.4. The van der Waals surface area contributed by atoms with Crippen LogP contribution in [0.5, 0.6) is 0 Å². The van der Waals surface area contributed by atoms with Crippen molar-refractivity contribution in [3.8, 4) is 6.07 Å². The highest BCUT2D eigenvalue weighted by Gasteiger charge is 2.30. The van der Waals surface area contributed by atoms with Crippen LogP contribution >= 0.6 is 0 Å². The Morgan fingerprint density at radius 3 is 2.32 bits per heavy atom. The first-order valence-corrected chi connectivity index (χ1v) is 7.83. The van der Waals surface area contributed by atoms with Crippen molar-refractivity contribution in [3.05, 3.63) is 0 Å². The maximum Gasteiger partial charge on any atom is 0.105 e. The van der Waals surface area contributed by atoms with Crippen LogP contribution in [0.25, 0.3) is 0 Å². The number of piperidine rings is 1. The maximum absolute atomic E-state index is 9.43. The Labute approximate surface area is 119 Å². The second kappa shape index (κ2) is 7.26. The topological polar surface area (TPSA) is 39.1 Å². The van der Waals surface area contributed by atoms with Gasteiger partial charge in [0, 0.05) is 12.1 Å². The molecule has 0 aliphatic carbocycles. The minimum absolute atomic E-state index is 0.350. The van der Waals surface area contributed by atoms with Gasteiger partial charge >= 0.3 is 0 Å². The summed E-state index contributed by atoms with van der Waals surface area (Å²) < 4.78 is 0. The first-order chi connectivity index (χ1) is 8.90. The van der Waals surface area contributed by atoms with Gasteiger partial charge in [0.15, 0.2) is 0 Å². The van der Waals surface area contributed by atoms with Gasteiger partial charge < -0.3 is 4.90 Å². The van der Waals surface area contributed by atoms with E-state index >= 15 is 0 Å². The smallest absolute Gasteiger partial charge is 0.105 e. The van der Waals surface area contributed by atoms with E-state index in [-0.39, 0.29) is 0 Å². The van der Waals surface area contributed by atoms with Crippen LogP contribution in [-0.4, -0.2) is 35.6 Å². The molecular formula is C16H31N3. The van der Waals surface area contributed by atoms with Crippen molar-refractivity contribution < 1.29 is 0 Å². The van der Waals surface area contributed by atoms with Crippen molar-refractivity contribution in [1.29, 1.82) is 5.26 Å². The van der Waals surface area contributed by atoms with E-state index in [9.17, 15) is 5.26 Å². The molecule has 1 heterocycles. The molecule has 0 bridgehead atoms. The lowest BCUT2D eigenvalue weighted by Gasteiger charge is -2.39. The molecule has 2 atom stereocenters. The summed E-state index contributed by atoms with van der Waals surface area (Å²) in [4.78, 5) is 2.56. The molecule has 1 aliphatic rings. The van der Waals surface area contributed by atoms with Gasteiger partial charge in [0.05, 0.1) is 6.07 Å². The van der Waals surface area contributed by atoms with E-state index < -0.39 is 5.54 Å². The van der Waals surface area contributed by atoms with Gasteiger partial charge in [0.25, 0.3) is 0 Å². The first kappa shape index (κ1) is 16.5. The van der Waals surface area contributed by atoms with Gasteiger partial charge in [-0.2, -0.15) is 5.26 Å². The summed E-state index contributed by atoms with van der Waals surface area (Å²) in [6.45, 7) is 13.2. The second-order valence-corrected chi connectivity index (χ2v) is 6.68. The molecule has 1 N–H and O–H groups in total. The van der Waals surface area contributed by atoms with Crippen LogP contribution in [0.15, 0.2) is 0 Å². The highest BCUT2D eigenvalue weighted by Crippen LogP contribution is 2.24. The molecule has 0 aromatic rings. The number of nitriles is 1. The molecule has 19 heavy (non-hydrogen) atoms. The van der Waals surface area contributed by atoms with Crippen LogP contribution in [0.1, 0.15) is 60.3 Å². The molecule has 2 unspecified atom stereocenters. The molecule has 1 aliphatic heterocycles. The van der Waals surface area contributed by atoms with E-state index in [0.29, 0.717) is 12.1 Å². The number of rotatable bonds is 6. The largest absolute Gasteiger partial charge is 0.301 e. The SMILES string of the molecule is CCC1CCN(C(C)CC(C)(C#N)NC(C)C)CC1. The zero-order chi connectivity index (χ0) is 14.5. The Morgan fingerprint density at radius 2 is 1.89 bits per heavy atom. The van der Waals surface area contributed by atoms with Crippen molar-refractivity contribution in [2.45, 2.75) is 77.9 Å². The maximum atomic E-state index is 9.43. The molecule has 110 valence electrons. The third-order valence-corrected chi connectivity index (χ3v) is 4.41. The van der Waals surface area contributed by atoms with Crippen LogP contribution in [0.3, 0.4) is 0 Å². The summed E-state index contributed by atoms with van der Waals surface area (Å²) in [5, 5.41) is 12.8. The predicted octanol–water partition coefficient (Wildman–Crippen LogP) is 3.17. The van der Waals surface area contributed by atoms with Crippen molar-refractivity contribution in [2.24, 2.45) is 5.92 Å². The summed E-state index contributed by atoms with van der Waals surface area (Å²) in [6.07, 6.45) is 4.86. The molecule has 3 heteroatoms. The van der Waals surface area contributed by atoms with Gasteiger partial charge in [-0.15, -0.1) is 0 Å². The van der Waals surface area contributed by atoms with Crippen LogP contribution in [0.4, 0.5) is 0 Å². The van der Waals surface area contributed by atoms with Gasteiger partial charge in [-0.25, -0.2) is 0 Å². The van der Waals surface area contributed by atoms with Crippen molar-refractivity contribution in [3.63, 3.8) is 0 Å². The molecule has 0 aromatic heterocycles. The lowest BCUT2D eigenvalue weighted by Crippen LogP contribution is -2.50. The van der Waals surface area contributed by atoms with Crippen LogP contribution < -0.4 is 5.32 Å². The Hall–Kier alpha value is -0.590. The van der Waals surface area contributed by atoms with Crippen molar-refractivity contribution >= 4 is 0 Å². The number of nitrogens with zero attached hydrogens (tertiary/aromatic N) is 2. The monoisotopic (exact) mass is 265 g/mol. The predicted molar refractivity (Wildman–Crippen MR) is 81.0 cm³/mol. The minimum atomic E-state index is -0.408. The molecule has 0 radical (unpaired) electrons. The molecule has 3 nitrogen and oxygen atoms in total. The van der Waals surface area contributed by atoms with Gasteiger partial charge in [-0.05, 0) is 66.0 Å². The molecule has 1 rings (SSSR count). The fourth-order valence-corrected chi connectivity index (χ4v) is 3.30. The fraction of sp³-hybridized carbons (Fsp3) is 0.938. The lowest BCUT2D eigenvalue weighted by atomic mass is 9.90.